The fourth-order valence-corrected chi connectivity index (χ4v) is 4.68. The largest absolute Gasteiger partial charge is 0.465 e. The highest BCUT2D eigenvalue weighted by Crippen LogP contribution is 2.38. The molecule has 0 aliphatic heterocycles. The summed E-state index contributed by atoms with van der Waals surface area (Å²) < 4.78 is 6.89. The number of nitrogens with zero attached hydrogens (tertiary/aromatic N) is 2. The molecule has 2 heterocycles. The van der Waals surface area contributed by atoms with E-state index in [0.29, 0.717) is 10.7 Å². The number of aryl methyl sites for hydroxylation is 2. The van der Waals surface area contributed by atoms with Gasteiger partial charge in [0.1, 0.15) is 5.00 Å². The number of fused-ring (bicyclic) bond motifs is 1. The molecule has 1 aliphatic rings. The molecule has 0 bridgehead atoms. The van der Waals surface area contributed by atoms with Crippen LogP contribution in [0.1, 0.15) is 46.3 Å². The molecule has 0 aromatic carbocycles. The molecule has 1 aliphatic carbocycles. The van der Waals surface area contributed by atoms with E-state index in [1.165, 1.54) is 12.0 Å². The normalized spacial score (nSPS) is 13.2. The van der Waals surface area contributed by atoms with Crippen molar-refractivity contribution in [3.8, 4) is 0 Å². The van der Waals surface area contributed by atoms with Crippen molar-refractivity contribution in [2.75, 3.05) is 17.7 Å². The predicted molar refractivity (Wildman–Crippen MR) is 105 cm³/mol. The van der Waals surface area contributed by atoms with E-state index in [0.717, 1.165) is 54.2 Å². The molecule has 2 N–H and O–H groups in total. The van der Waals surface area contributed by atoms with E-state index in [2.05, 4.69) is 15.7 Å². The van der Waals surface area contributed by atoms with Gasteiger partial charge in [0.15, 0.2) is 5.11 Å². The second-order valence-corrected chi connectivity index (χ2v) is 7.46. The van der Waals surface area contributed by atoms with Gasteiger partial charge in [-0.15, -0.1) is 11.3 Å². The Hall–Kier alpha value is -1.93. The average molecular weight is 379 g/mol. The maximum atomic E-state index is 12.3. The van der Waals surface area contributed by atoms with Crippen molar-refractivity contribution < 1.29 is 9.53 Å². The molecule has 2 aromatic rings. The number of ether oxygens (including phenoxy) is 1. The summed E-state index contributed by atoms with van der Waals surface area (Å²) >= 11 is 7.04. The highest BCUT2D eigenvalue weighted by atomic mass is 32.1. The van der Waals surface area contributed by atoms with Gasteiger partial charge in [0.05, 0.1) is 30.3 Å². The minimum Gasteiger partial charge on any atom is -0.465 e. The molecule has 0 spiro atoms. The monoisotopic (exact) mass is 378 g/mol. The number of thiophene rings is 1. The maximum Gasteiger partial charge on any atom is 0.341 e. The molecule has 0 amide bonds. The minimum absolute atomic E-state index is 0.306. The fraction of sp³-hybridized carbons (Fsp3) is 0.471. The van der Waals surface area contributed by atoms with Crippen molar-refractivity contribution in [2.24, 2.45) is 0 Å². The first-order chi connectivity index (χ1) is 12.0. The van der Waals surface area contributed by atoms with Crippen LogP contribution in [0.25, 0.3) is 0 Å². The topological polar surface area (TPSA) is 68.2 Å². The molecule has 0 fully saturated rings. The molecule has 2 aromatic heterocycles. The van der Waals surface area contributed by atoms with Gasteiger partial charge in [-0.05, 0) is 57.3 Å². The van der Waals surface area contributed by atoms with Crippen LogP contribution in [0.3, 0.4) is 0 Å². The third kappa shape index (κ3) is 3.55. The zero-order chi connectivity index (χ0) is 18.0. The fourth-order valence-electron chi connectivity index (χ4n) is 3.12. The zero-order valence-electron chi connectivity index (χ0n) is 14.6. The molecule has 0 atom stereocenters. The van der Waals surface area contributed by atoms with Crippen molar-refractivity contribution in [1.29, 1.82) is 0 Å². The predicted octanol–water partition coefficient (Wildman–Crippen LogP) is 3.75. The number of aromatic nitrogens is 2. The van der Waals surface area contributed by atoms with Crippen LogP contribution in [0, 0.1) is 6.92 Å². The first-order valence-electron chi connectivity index (χ1n) is 8.38. The van der Waals surface area contributed by atoms with Crippen LogP contribution in [0.15, 0.2) is 6.20 Å². The SMILES string of the molecule is CCn1ncc(NC(=S)Nc2sc3c(c2C(=O)OC)CCCC3)c1C. The minimum atomic E-state index is -0.306. The summed E-state index contributed by atoms with van der Waals surface area (Å²) in [7, 11) is 1.41. The van der Waals surface area contributed by atoms with Crippen LogP contribution in [0.5, 0.6) is 0 Å². The molecular formula is C17H22N4O2S2. The number of carbonyl (C=O) groups is 1. The Morgan fingerprint density at radius 3 is 2.84 bits per heavy atom. The molecular weight excluding hydrogens is 356 g/mol. The van der Waals surface area contributed by atoms with Gasteiger partial charge in [-0.25, -0.2) is 4.79 Å². The quantitative estimate of drug-likeness (QED) is 0.624. The van der Waals surface area contributed by atoms with E-state index < -0.39 is 0 Å². The van der Waals surface area contributed by atoms with E-state index >= 15 is 0 Å². The number of hydrogen-bond acceptors (Lipinski definition) is 5. The molecule has 0 saturated carbocycles. The first-order valence-corrected chi connectivity index (χ1v) is 9.60. The number of anilines is 2. The smallest absolute Gasteiger partial charge is 0.341 e. The molecule has 8 heteroatoms. The van der Waals surface area contributed by atoms with Crippen molar-refractivity contribution in [3.63, 3.8) is 0 Å². The zero-order valence-corrected chi connectivity index (χ0v) is 16.3. The van der Waals surface area contributed by atoms with Crippen molar-refractivity contribution in [3.05, 3.63) is 27.9 Å². The lowest BCUT2D eigenvalue weighted by molar-refractivity contribution is 0.0601. The number of nitrogens with one attached hydrogen (secondary N) is 2. The van der Waals surface area contributed by atoms with E-state index in [-0.39, 0.29) is 5.97 Å². The van der Waals surface area contributed by atoms with Gasteiger partial charge >= 0.3 is 5.97 Å². The van der Waals surface area contributed by atoms with E-state index in [1.54, 1.807) is 17.5 Å². The lowest BCUT2D eigenvalue weighted by atomic mass is 9.95. The summed E-state index contributed by atoms with van der Waals surface area (Å²) in [6, 6.07) is 0. The molecule has 0 unspecified atom stereocenters. The number of thiocarbonyl (C=S) groups is 1. The summed E-state index contributed by atoms with van der Waals surface area (Å²) in [5, 5.41) is 11.9. The van der Waals surface area contributed by atoms with Crippen LogP contribution in [-0.2, 0) is 24.1 Å². The van der Waals surface area contributed by atoms with Crippen LogP contribution in [-0.4, -0.2) is 28.0 Å². The maximum absolute atomic E-state index is 12.3. The lowest BCUT2D eigenvalue weighted by Crippen LogP contribution is -2.20. The standard InChI is InChI=1S/C17H22N4O2S2/c1-4-21-10(2)12(9-18-21)19-17(24)20-15-14(16(22)23-3)11-7-5-6-8-13(11)25-15/h9H,4-8H2,1-3H3,(H2,19,20,24). The summed E-state index contributed by atoms with van der Waals surface area (Å²) in [5.74, 6) is -0.306. The lowest BCUT2D eigenvalue weighted by Gasteiger charge is -2.12. The van der Waals surface area contributed by atoms with Gasteiger partial charge in [-0.1, -0.05) is 0 Å². The Bertz CT molecular complexity index is 810. The van der Waals surface area contributed by atoms with E-state index in [9.17, 15) is 4.79 Å². The van der Waals surface area contributed by atoms with Gasteiger partial charge in [-0.3, -0.25) is 4.68 Å². The second kappa shape index (κ2) is 7.53. The molecule has 134 valence electrons. The van der Waals surface area contributed by atoms with E-state index in [1.807, 2.05) is 18.5 Å². The Kier molecular flexibility index (Phi) is 5.39. The van der Waals surface area contributed by atoms with Crippen molar-refractivity contribution >= 4 is 45.3 Å². The summed E-state index contributed by atoms with van der Waals surface area (Å²) in [5.41, 5.74) is 3.63. The molecule has 25 heavy (non-hydrogen) atoms. The molecule has 0 radical (unpaired) electrons. The highest BCUT2D eigenvalue weighted by Gasteiger charge is 2.26. The number of esters is 1. The first kappa shape index (κ1) is 17.9. The molecule has 3 rings (SSSR count). The van der Waals surface area contributed by atoms with Crippen molar-refractivity contribution in [2.45, 2.75) is 46.1 Å². The third-order valence-corrected chi connectivity index (χ3v) is 5.85. The van der Waals surface area contributed by atoms with Crippen LogP contribution >= 0.6 is 23.6 Å². The average Bonchev–Trinajstić information content (AvgIpc) is 3.14. The van der Waals surface area contributed by atoms with Gasteiger partial charge < -0.3 is 15.4 Å². The Morgan fingerprint density at radius 1 is 1.40 bits per heavy atom. The van der Waals surface area contributed by atoms with Gasteiger partial charge in [0, 0.05) is 11.4 Å². The van der Waals surface area contributed by atoms with Crippen LogP contribution in [0.4, 0.5) is 10.7 Å². The second-order valence-electron chi connectivity index (χ2n) is 5.95. The third-order valence-electron chi connectivity index (χ3n) is 4.44. The number of hydrogen-bond donors (Lipinski definition) is 2. The van der Waals surface area contributed by atoms with Gasteiger partial charge in [0.2, 0.25) is 0 Å². The van der Waals surface area contributed by atoms with Crippen molar-refractivity contribution in [1.82, 2.24) is 9.78 Å². The summed E-state index contributed by atoms with van der Waals surface area (Å²) in [6.07, 6.45) is 5.94. The number of carbonyl (C=O) groups excluding carboxylic acids is 1. The summed E-state index contributed by atoms with van der Waals surface area (Å²) in [6.45, 7) is 4.84. The number of methoxy groups -OCH3 is 1. The van der Waals surface area contributed by atoms with Crippen LogP contribution in [0.2, 0.25) is 0 Å². The Balaban J connectivity index is 1.82. The summed E-state index contributed by atoms with van der Waals surface area (Å²) in [4.78, 5) is 13.5. The highest BCUT2D eigenvalue weighted by molar-refractivity contribution is 7.80. The van der Waals surface area contributed by atoms with Gasteiger partial charge in [0.25, 0.3) is 0 Å². The Morgan fingerprint density at radius 2 is 2.16 bits per heavy atom. The van der Waals surface area contributed by atoms with E-state index in [4.69, 9.17) is 17.0 Å². The molecule has 0 saturated heterocycles. The Labute approximate surface area is 156 Å². The van der Waals surface area contributed by atoms with Crippen LogP contribution < -0.4 is 10.6 Å². The molecule has 6 nitrogen and oxygen atoms in total. The number of rotatable bonds is 4. The van der Waals surface area contributed by atoms with Gasteiger partial charge in [-0.2, -0.15) is 5.10 Å².